The van der Waals surface area contributed by atoms with Gasteiger partial charge in [0, 0.05) is 24.2 Å². The molecule has 1 aromatic rings. The Morgan fingerprint density at radius 3 is 2.88 bits per heavy atom. The van der Waals surface area contributed by atoms with Gasteiger partial charge in [-0.2, -0.15) is 0 Å². The van der Waals surface area contributed by atoms with Crippen LogP contribution in [0.2, 0.25) is 5.02 Å². The number of carbonyl (C=O) groups is 1. The standard InChI is InChI=1S/C13H17ClN2O/c1-13(3-6-15-7-4-13)12(17)8-10-2-5-16-9-11(10)14/h2,5,9,15H,3-4,6-8H2,1H3. The molecular formula is C13H17ClN2O. The average Bonchev–Trinajstić information content (AvgIpc) is 2.33. The Morgan fingerprint density at radius 2 is 2.24 bits per heavy atom. The lowest BCUT2D eigenvalue weighted by molar-refractivity contribution is -0.128. The summed E-state index contributed by atoms with van der Waals surface area (Å²) < 4.78 is 0. The van der Waals surface area contributed by atoms with Crippen molar-refractivity contribution in [2.75, 3.05) is 13.1 Å². The molecule has 0 saturated carbocycles. The topological polar surface area (TPSA) is 42.0 Å². The molecule has 1 fully saturated rings. The van der Waals surface area contributed by atoms with Crippen LogP contribution in [-0.2, 0) is 11.2 Å². The van der Waals surface area contributed by atoms with Crippen LogP contribution in [0, 0.1) is 5.41 Å². The van der Waals surface area contributed by atoms with E-state index in [9.17, 15) is 4.79 Å². The maximum atomic E-state index is 12.3. The van der Waals surface area contributed by atoms with Gasteiger partial charge < -0.3 is 5.32 Å². The molecule has 4 heteroatoms. The molecule has 3 nitrogen and oxygen atoms in total. The molecule has 0 atom stereocenters. The lowest BCUT2D eigenvalue weighted by atomic mass is 9.75. The van der Waals surface area contributed by atoms with Crippen LogP contribution in [0.3, 0.4) is 0 Å². The fraction of sp³-hybridized carbons (Fsp3) is 0.538. The van der Waals surface area contributed by atoms with Crippen molar-refractivity contribution in [1.29, 1.82) is 0 Å². The number of rotatable bonds is 3. The number of nitrogens with one attached hydrogen (secondary N) is 1. The highest BCUT2D eigenvalue weighted by atomic mass is 35.5. The molecular weight excluding hydrogens is 236 g/mol. The van der Waals surface area contributed by atoms with Gasteiger partial charge in [0.25, 0.3) is 0 Å². The number of carbonyl (C=O) groups excluding carboxylic acids is 1. The summed E-state index contributed by atoms with van der Waals surface area (Å²) in [5, 5.41) is 3.86. The zero-order valence-corrected chi connectivity index (χ0v) is 10.8. The number of aromatic nitrogens is 1. The van der Waals surface area contributed by atoms with E-state index in [4.69, 9.17) is 11.6 Å². The van der Waals surface area contributed by atoms with Crippen molar-refractivity contribution in [2.45, 2.75) is 26.2 Å². The van der Waals surface area contributed by atoms with E-state index in [2.05, 4.69) is 17.2 Å². The Balaban J connectivity index is 2.08. The van der Waals surface area contributed by atoms with E-state index < -0.39 is 0 Å². The van der Waals surface area contributed by atoms with Gasteiger partial charge in [-0.05, 0) is 37.6 Å². The molecule has 0 aromatic carbocycles. The summed E-state index contributed by atoms with van der Waals surface area (Å²) in [5.41, 5.74) is 0.684. The molecule has 92 valence electrons. The highest BCUT2D eigenvalue weighted by Crippen LogP contribution is 2.31. The van der Waals surface area contributed by atoms with Crippen LogP contribution < -0.4 is 5.32 Å². The summed E-state index contributed by atoms with van der Waals surface area (Å²) in [6.45, 7) is 3.91. The summed E-state index contributed by atoms with van der Waals surface area (Å²) in [6, 6.07) is 1.82. The van der Waals surface area contributed by atoms with E-state index in [0.29, 0.717) is 11.4 Å². The largest absolute Gasteiger partial charge is 0.317 e. The molecule has 2 heterocycles. The van der Waals surface area contributed by atoms with E-state index in [1.165, 1.54) is 0 Å². The Labute approximate surface area is 107 Å². The highest BCUT2D eigenvalue weighted by Gasteiger charge is 2.34. The summed E-state index contributed by atoms with van der Waals surface area (Å²) in [4.78, 5) is 16.3. The third kappa shape index (κ3) is 2.85. The molecule has 0 unspecified atom stereocenters. The molecule has 1 aliphatic heterocycles. The van der Waals surface area contributed by atoms with Crippen molar-refractivity contribution >= 4 is 17.4 Å². The first-order valence-electron chi connectivity index (χ1n) is 5.94. The minimum Gasteiger partial charge on any atom is -0.317 e. The second-order valence-electron chi connectivity index (χ2n) is 4.88. The third-order valence-corrected chi connectivity index (χ3v) is 3.93. The minimum atomic E-state index is -0.197. The number of ketones is 1. The molecule has 0 amide bonds. The second-order valence-corrected chi connectivity index (χ2v) is 5.28. The first-order chi connectivity index (χ1) is 8.12. The van der Waals surface area contributed by atoms with Crippen LogP contribution in [0.25, 0.3) is 0 Å². The molecule has 2 rings (SSSR count). The van der Waals surface area contributed by atoms with Crippen LogP contribution in [0.15, 0.2) is 18.5 Å². The Morgan fingerprint density at radius 1 is 1.53 bits per heavy atom. The van der Waals surface area contributed by atoms with Crippen LogP contribution in [0.5, 0.6) is 0 Å². The van der Waals surface area contributed by atoms with Crippen LogP contribution in [0.4, 0.5) is 0 Å². The minimum absolute atomic E-state index is 0.197. The van der Waals surface area contributed by atoms with Gasteiger partial charge in [0.15, 0.2) is 0 Å². The third-order valence-electron chi connectivity index (χ3n) is 3.59. The summed E-state index contributed by atoms with van der Waals surface area (Å²) in [7, 11) is 0. The normalized spacial score (nSPS) is 18.9. The van der Waals surface area contributed by atoms with Crippen LogP contribution in [0.1, 0.15) is 25.3 Å². The van der Waals surface area contributed by atoms with Gasteiger partial charge in [0.05, 0.1) is 5.02 Å². The summed E-state index contributed by atoms with van der Waals surface area (Å²) in [5.74, 6) is 0.284. The van der Waals surface area contributed by atoms with Crippen LogP contribution in [-0.4, -0.2) is 23.9 Å². The smallest absolute Gasteiger partial charge is 0.143 e. The van der Waals surface area contributed by atoms with Gasteiger partial charge >= 0.3 is 0 Å². The zero-order valence-electron chi connectivity index (χ0n) is 10.0. The van der Waals surface area contributed by atoms with Crippen molar-refractivity contribution in [3.8, 4) is 0 Å². The van der Waals surface area contributed by atoms with Crippen molar-refractivity contribution in [3.05, 3.63) is 29.0 Å². The van der Waals surface area contributed by atoms with E-state index in [0.717, 1.165) is 31.5 Å². The fourth-order valence-corrected chi connectivity index (χ4v) is 2.38. The molecule has 0 aliphatic carbocycles. The molecule has 0 radical (unpaired) electrons. The van der Waals surface area contributed by atoms with Gasteiger partial charge in [-0.15, -0.1) is 0 Å². The number of nitrogens with zero attached hydrogens (tertiary/aromatic N) is 1. The monoisotopic (exact) mass is 252 g/mol. The molecule has 0 bridgehead atoms. The molecule has 0 spiro atoms. The first-order valence-corrected chi connectivity index (χ1v) is 6.32. The molecule has 1 aliphatic rings. The highest BCUT2D eigenvalue weighted by molar-refractivity contribution is 6.31. The van der Waals surface area contributed by atoms with Crippen molar-refractivity contribution in [2.24, 2.45) is 5.41 Å². The van der Waals surface area contributed by atoms with Gasteiger partial charge in [-0.1, -0.05) is 18.5 Å². The van der Waals surface area contributed by atoms with Crippen LogP contribution >= 0.6 is 11.6 Å². The predicted molar refractivity (Wildman–Crippen MR) is 68.2 cm³/mol. The number of Topliss-reactive ketones (excluding diaryl/α,β-unsaturated/α-hetero) is 1. The van der Waals surface area contributed by atoms with Gasteiger partial charge in [-0.25, -0.2) is 0 Å². The van der Waals surface area contributed by atoms with Gasteiger partial charge in [0.1, 0.15) is 5.78 Å². The van der Waals surface area contributed by atoms with Crippen molar-refractivity contribution in [3.63, 3.8) is 0 Å². The molecule has 1 N–H and O–H groups in total. The predicted octanol–water partition coefficient (Wildman–Crippen LogP) is 2.24. The van der Waals surface area contributed by atoms with Gasteiger partial charge in [0.2, 0.25) is 0 Å². The molecule has 1 aromatic heterocycles. The number of pyridine rings is 1. The number of piperidine rings is 1. The molecule has 1 saturated heterocycles. The summed E-state index contributed by atoms with van der Waals surface area (Å²) >= 11 is 6.03. The Bertz CT molecular complexity index is 414. The summed E-state index contributed by atoms with van der Waals surface area (Å²) in [6.07, 6.45) is 5.51. The number of hydrogen-bond acceptors (Lipinski definition) is 3. The fourth-order valence-electron chi connectivity index (χ4n) is 2.19. The lowest BCUT2D eigenvalue weighted by Gasteiger charge is -2.32. The number of hydrogen-bond donors (Lipinski definition) is 1. The van der Waals surface area contributed by atoms with Crippen molar-refractivity contribution < 1.29 is 4.79 Å². The zero-order chi connectivity index (χ0) is 12.3. The molecule has 17 heavy (non-hydrogen) atoms. The Hall–Kier alpha value is -0.930. The lowest BCUT2D eigenvalue weighted by Crippen LogP contribution is -2.40. The SMILES string of the molecule is CC1(C(=O)Cc2ccncc2Cl)CCNCC1. The van der Waals surface area contributed by atoms with E-state index >= 15 is 0 Å². The second kappa shape index (κ2) is 5.15. The van der Waals surface area contributed by atoms with E-state index in [-0.39, 0.29) is 11.2 Å². The maximum absolute atomic E-state index is 12.3. The maximum Gasteiger partial charge on any atom is 0.143 e. The van der Waals surface area contributed by atoms with Gasteiger partial charge in [-0.3, -0.25) is 9.78 Å². The van der Waals surface area contributed by atoms with E-state index in [1.54, 1.807) is 12.4 Å². The average molecular weight is 253 g/mol. The number of halogens is 1. The van der Waals surface area contributed by atoms with Crippen molar-refractivity contribution in [1.82, 2.24) is 10.3 Å². The first kappa shape index (κ1) is 12.5. The Kier molecular flexibility index (Phi) is 3.79. The quantitative estimate of drug-likeness (QED) is 0.897. The van der Waals surface area contributed by atoms with E-state index in [1.807, 2.05) is 6.07 Å².